The molecule has 0 unspecified atom stereocenters. The van der Waals surface area contributed by atoms with Gasteiger partial charge in [-0.3, -0.25) is 10.1 Å². The van der Waals surface area contributed by atoms with Gasteiger partial charge in [0.25, 0.3) is 5.69 Å². The smallest absolute Gasteiger partial charge is 0.271 e. The summed E-state index contributed by atoms with van der Waals surface area (Å²) in [6, 6.07) is 4.65. The van der Waals surface area contributed by atoms with Crippen LogP contribution >= 0.6 is 0 Å². The van der Waals surface area contributed by atoms with Gasteiger partial charge in [-0.25, -0.2) is 0 Å². The molecule has 7 nitrogen and oxygen atoms in total. The molecule has 0 saturated heterocycles. The minimum absolute atomic E-state index is 0.0461. The van der Waals surface area contributed by atoms with Crippen molar-refractivity contribution in [3.05, 3.63) is 45.6 Å². The standard InChI is InChI=1S/C11H12N4O3/c1-7-3-4-9(15(16)17)5-10(7)12-6-11-13-8(2)14-18-11/h3-5,12H,6H2,1-2H3. The van der Waals surface area contributed by atoms with Crippen molar-refractivity contribution in [1.82, 2.24) is 10.1 Å². The number of benzene rings is 1. The molecule has 1 heterocycles. The Hall–Kier alpha value is -2.44. The maximum Gasteiger partial charge on any atom is 0.271 e. The van der Waals surface area contributed by atoms with Crippen molar-refractivity contribution < 1.29 is 9.45 Å². The molecule has 0 amide bonds. The molecule has 0 bridgehead atoms. The van der Waals surface area contributed by atoms with Gasteiger partial charge in [-0.05, 0) is 19.4 Å². The van der Waals surface area contributed by atoms with E-state index in [1.54, 1.807) is 13.0 Å². The molecule has 0 radical (unpaired) electrons. The zero-order valence-corrected chi connectivity index (χ0v) is 10.0. The number of aryl methyl sites for hydroxylation is 2. The largest absolute Gasteiger partial charge is 0.376 e. The maximum absolute atomic E-state index is 10.7. The summed E-state index contributed by atoms with van der Waals surface area (Å²) < 4.78 is 4.95. The summed E-state index contributed by atoms with van der Waals surface area (Å²) in [5.74, 6) is 1.00. The van der Waals surface area contributed by atoms with Gasteiger partial charge in [0.15, 0.2) is 5.82 Å². The molecule has 1 N–H and O–H groups in total. The Labute approximate surface area is 103 Å². The molecule has 1 aromatic carbocycles. The number of non-ortho nitro benzene ring substituents is 1. The molecular weight excluding hydrogens is 236 g/mol. The average Bonchev–Trinajstić information content (AvgIpc) is 2.74. The monoisotopic (exact) mass is 248 g/mol. The van der Waals surface area contributed by atoms with Crippen molar-refractivity contribution >= 4 is 11.4 Å². The van der Waals surface area contributed by atoms with Crippen LogP contribution in [-0.4, -0.2) is 15.1 Å². The van der Waals surface area contributed by atoms with Gasteiger partial charge >= 0.3 is 0 Å². The molecule has 0 aliphatic carbocycles. The predicted molar refractivity (Wildman–Crippen MR) is 64.2 cm³/mol. The zero-order valence-electron chi connectivity index (χ0n) is 10.0. The average molecular weight is 248 g/mol. The summed E-state index contributed by atoms with van der Waals surface area (Å²) in [7, 11) is 0. The van der Waals surface area contributed by atoms with Crippen molar-refractivity contribution in [1.29, 1.82) is 0 Å². The fourth-order valence-corrected chi connectivity index (χ4v) is 1.50. The van der Waals surface area contributed by atoms with E-state index in [-0.39, 0.29) is 5.69 Å². The highest BCUT2D eigenvalue weighted by atomic mass is 16.6. The third kappa shape index (κ3) is 2.62. The van der Waals surface area contributed by atoms with Gasteiger partial charge in [-0.15, -0.1) is 0 Å². The van der Waals surface area contributed by atoms with Gasteiger partial charge in [0.05, 0.1) is 11.5 Å². The third-order valence-electron chi connectivity index (χ3n) is 2.43. The highest BCUT2D eigenvalue weighted by molar-refractivity contribution is 5.56. The molecule has 0 saturated carbocycles. The van der Waals surface area contributed by atoms with Gasteiger partial charge in [0, 0.05) is 17.8 Å². The summed E-state index contributed by atoms with van der Waals surface area (Å²) in [6.45, 7) is 3.93. The number of nitro groups is 1. The lowest BCUT2D eigenvalue weighted by Crippen LogP contribution is -2.02. The molecule has 0 aliphatic rings. The number of nitrogens with zero attached hydrogens (tertiary/aromatic N) is 3. The second-order valence-corrected chi connectivity index (χ2v) is 3.85. The minimum Gasteiger partial charge on any atom is -0.376 e. The van der Waals surface area contributed by atoms with Crippen LogP contribution in [0.5, 0.6) is 0 Å². The molecular formula is C11H12N4O3. The Balaban J connectivity index is 2.13. The molecule has 2 rings (SSSR count). The molecule has 94 valence electrons. The van der Waals surface area contributed by atoms with Crippen LogP contribution in [0.4, 0.5) is 11.4 Å². The molecule has 0 atom stereocenters. The van der Waals surface area contributed by atoms with Crippen LogP contribution in [0.1, 0.15) is 17.3 Å². The molecule has 1 aromatic heterocycles. The van der Waals surface area contributed by atoms with E-state index in [1.165, 1.54) is 12.1 Å². The third-order valence-corrected chi connectivity index (χ3v) is 2.43. The molecule has 0 aliphatic heterocycles. The minimum atomic E-state index is -0.429. The number of hydrogen-bond donors (Lipinski definition) is 1. The topological polar surface area (TPSA) is 94.1 Å². The van der Waals surface area contributed by atoms with E-state index in [0.29, 0.717) is 23.9 Å². The Bertz CT molecular complexity index is 579. The lowest BCUT2D eigenvalue weighted by Gasteiger charge is -2.06. The van der Waals surface area contributed by atoms with Crippen molar-refractivity contribution in [3.8, 4) is 0 Å². The lowest BCUT2D eigenvalue weighted by molar-refractivity contribution is -0.384. The maximum atomic E-state index is 10.7. The van der Waals surface area contributed by atoms with Gasteiger partial charge in [-0.1, -0.05) is 11.2 Å². The quantitative estimate of drug-likeness (QED) is 0.658. The molecule has 18 heavy (non-hydrogen) atoms. The summed E-state index contributed by atoms with van der Waals surface area (Å²) in [4.78, 5) is 14.3. The van der Waals surface area contributed by atoms with Gasteiger partial charge < -0.3 is 9.84 Å². The van der Waals surface area contributed by atoms with Crippen molar-refractivity contribution in [2.75, 3.05) is 5.32 Å². The summed E-state index contributed by atoms with van der Waals surface area (Å²) >= 11 is 0. The second kappa shape index (κ2) is 4.82. The first-order chi connectivity index (χ1) is 8.56. The van der Waals surface area contributed by atoms with Crippen LogP contribution in [0.15, 0.2) is 22.7 Å². The second-order valence-electron chi connectivity index (χ2n) is 3.85. The first kappa shape index (κ1) is 12.0. The number of hydrogen-bond acceptors (Lipinski definition) is 6. The fraction of sp³-hybridized carbons (Fsp3) is 0.273. The van der Waals surface area contributed by atoms with E-state index >= 15 is 0 Å². The van der Waals surface area contributed by atoms with E-state index < -0.39 is 4.92 Å². The van der Waals surface area contributed by atoms with Crippen LogP contribution in [0.3, 0.4) is 0 Å². The summed E-state index contributed by atoms with van der Waals surface area (Å²) in [5.41, 5.74) is 1.64. The Morgan fingerprint density at radius 2 is 2.22 bits per heavy atom. The first-order valence-corrected chi connectivity index (χ1v) is 5.34. The first-order valence-electron chi connectivity index (χ1n) is 5.34. The van der Waals surface area contributed by atoms with Crippen LogP contribution in [0.2, 0.25) is 0 Å². The van der Waals surface area contributed by atoms with E-state index in [4.69, 9.17) is 4.52 Å². The molecule has 0 fully saturated rings. The summed E-state index contributed by atoms with van der Waals surface area (Å²) in [6.07, 6.45) is 0. The number of nitrogens with one attached hydrogen (secondary N) is 1. The highest BCUT2D eigenvalue weighted by Gasteiger charge is 2.09. The number of nitro benzene ring substituents is 1. The van der Waals surface area contributed by atoms with E-state index in [2.05, 4.69) is 15.5 Å². The van der Waals surface area contributed by atoms with E-state index in [1.807, 2.05) is 6.92 Å². The van der Waals surface area contributed by atoms with Crippen molar-refractivity contribution in [3.63, 3.8) is 0 Å². The van der Waals surface area contributed by atoms with Crippen molar-refractivity contribution in [2.24, 2.45) is 0 Å². The van der Waals surface area contributed by atoms with Crippen LogP contribution in [-0.2, 0) is 6.54 Å². The normalized spacial score (nSPS) is 10.3. The van der Waals surface area contributed by atoms with E-state index in [9.17, 15) is 10.1 Å². The van der Waals surface area contributed by atoms with Crippen molar-refractivity contribution in [2.45, 2.75) is 20.4 Å². The summed E-state index contributed by atoms with van der Waals surface area (Å²) in [5, 5.41) is 17.4. The van der Waals surface area contributed by atoms with Crippen LogP contribution < -0.4 is 5.32 Å². The molecule has 2 aromatic rings. The highest BCUT2D eigenvalue weighted by Crippen LogP contribution is 2.22. The van der Waals surface area contributed by atoms with Gasteiger partial charge in [0.1, 0.15) is 0 Å². The number of anilines is 1. The van der Waals surface area contributed by atoms with E-state index in [0.717, 1.165) is 5.56 Å². The number of aromatic nitrogens is 2. The van der Waals surface area contributed by atoms with Crippen LogP contribution in [0, 0.1) is 24.0 Å². The van der Waals surface area contributed by atoms with Gasteiger partial charge in [0.2, 0.25) is 5.89 Å². The molecule has 7 heteroatoms. The Kier molecular flexibility index (Phi) is 3.22. The zero-order chi connectivity index (χ0) is 13.1. The number of rotatable bonds is 4. The van der Waals surface area contributed by atoms with Crippen LogP contribution in [0.25, 0.3) is 0 Å². The SMILES string of the molecule is Cc1noc(CNc2cc([N+](=O)[O-])ccc2C)n1. The Morgan fingerprint density at radius 3 is 2.83 bits per heavy atom. The predicted octanol–water partition coefficient (Wildman–Crippen LogP) is 2.21. The fourth-order valence-electron chi connectivity index (χ4n) is 1.50. The molecule has 0 spiro atoms. The Morgan fingerprint density at radius 1 is 1.44 bits per heavy atom. The lowest BCUT2D eigenvalue weighted by atomic mass is 10.2. The van der Waals surface area contributed by atoms with Gasteiger partial charge in [-0.2, -0.15) is 4.98 Å².